The Morgan fingerprint density at radius 3 is 1.37 bits per heavy atom. The molecule has 0 unspecified atom stereocenters. The van der Waals surface area contributed by atoms with E-state index in [1.807, 2.05) is 36.4 Å². The van der Waals surface area contributed by atoms with Crippen LogP contribution in [0, 0.1) is 6.92 Å². The molecule has 298 valence electrons. The first-order chi connectivity index (χ1) is 31.1. The van der Waals surface area contributed by atoms with Crippen molar-refractivity contribution in [2.24, 2.45) is 0 Å². The Bertz CT molecular complexity index is 3230. The second-order valence-corrected chi connectivity index (χ2v) is 19.9. The van der Waals surface area contributed by atoms with Crippen LogP contribution in [0.4, 0.5) is 0 Å². The number of fused-ring (bicyclic) bond motifs is 3. The molecule has 0 aliphatic carbocycles. The Morgan fingerprint density at radius 1 is 0.333 bits per heavy atom. The maximum absolute atomic E-state index is 5.19. The van der Waals surface area contributed by atoms with Gasteiger partial charge in [-0.15, -0.1) is 0 Å². The zero-order chi connectivity index (χ0) is 42.2. The lowest BCUT2D eigenvalue weighted by atomic mass is 9.99. The smallest absolute Gasteiger partial charge is 0.179 e. The molecule has 0 N–H and O–H groups in total. The fourth-order valence-electron chi connectivity index (χ4n) is 9.37. The van der Waals surface area contributed by atoms with E-state index in [4.69, 9.17) is 15.0 Å². The van der Waals surface area contributed by atoms with Gasteiger partial charge < -0.3 is 4.57 Å². The molecule has 5 heteroatoms. The predicted molar refractivity (Wildman–Crippen MR) is 264 cm³/mol. The maximum Gasteiger partial charge on any atom is 0.179 e. The van der Waals surface area contributed by atoms with Crippen molar-refractivity contribution in [3.05, 3.63) is 242 Å². The van der Waals surface area contributed by atoms with Gasteiger partial charge in [0.05, 0.1) is 16.7 Å². The van der Waals surface area contributed by atoms with E-state index < -0.39 is 8.07 Å². The van der Waals surface area contributed by atoms with E-state index in [1.54, 1.807) is 0 Å². The van der Waals surface area contributed by atoms with E-state index in [1.165, 1.54) is 37.1 Å². The number of hydrogen-bond donors (Lipinski definition) is 0. The number of benzene rings is 9. The van der Waals surface area contributed by atoms with Gasteiger partial charge in [-0.05, 0) is 69.6 Å². The van der Waals surface area contributed by atoms with Gasteiger partial charge in [-0.1, -0.05) is 206 Å². The largest absolute Gasteiger partial charge is 0.309 e. The summed E-state index contributed by atoms with van der Waals surface area (Å²) in [5, 5.41) is 7.75. The van der Waals surface area contributed by atoms with Crippen LogP contribution in [-0.4, -0.2) is 27.6 Å². The number of rotatable bonds is 9. The molecule has 2 aromatic heterocycles. The minimum Gasteiger partial charge on any atom is -0.309 e. The van der Waals surface area contributed by atoms with Crippen molar-refractivity contribution in [3.63, 3.8) is 0 Å². The SMILES string of the molecule is Cc1ccc2c(c1)c1ccccc1n2-c1ccc(-c2nc(-c3ccccc3)nc(-c3ccccc3)n2)cc1-c1cccc([Si](c2ccccc2)(c2ccccc2)c2ccccc2)c1. The summed E-state index contributed by atoms with van der Waals surface area (Å²) < 4.78 is 2.43. The molecule has 0 aliphatic heterocycles. The van der Waals surface area contributed by atoms with Crippen LogP contribution < -0.4 is 20.7 Å². The Balaban J connectivity index is 1.20. The van der Waals surface area contributed by atoms with Gasteiger partial charge in [-0.3, -0.25) is 0 Å². The number of aryl methyl sites for hydroxylation is 1. The number of para-hydroxylation sites is 1. The number of aromatic nitrogens is 4. The van der Waals surface area contributed by atoms with E-state index in [0.29, 0.717) is 17.5 Å². The van der Waals surface area contributed by atoms with Crippen molar-refractivity contribution in [2.75, 3.05) is 0 Å². The van der Waals surface area contributed by atoms with Crippen LogP contribution in [0.15, 0.2) is 237 Å². The molecule has 11 aromatic rings. The molecule has 9 aromatic carbocycles. The first-order valence-electron chi connectivity index (χ1n) is 21.4. The highest BCUT2D eigenvalue weighted by molar-refractivity contribution is 7.19. The summed E-state index contributed by atoms with van der Waals surface area (Å²) in [6.45, 7) is 2.17. The van der Waals surface area contributed by atoms with Gasteiger partial charge in [0.25, 0.3) is 0 Å². The van der Waals surface area contributed by atoms with Gasteiger partial charge in [-0.2, -0.15) is 0 Å². The summed E-state index contributed by atoms with van der Waals surface area (Å²) in [7, 11) is -2.85. The Hall–Kier alpha value is -7.99. The highest BCUT2D eigenvalue weighted by atomic mass is 28.3. The van der Waals surface area contributed by atoms with Crippen LogP contribution >= 0.6 is 0 Å². The van der Waals surface area contributed by atoms with Gasteiger partial charge in [0, 0.05) is 33.0 Å². The van der Waals surface area contributed by atoms with Crippen LogP contribution in [0.5, 0.6) is 0 Å². The fourth-order valence-corrected chi connectivity index (χ4v) is 14.2. The lowest BCUT2D eigenvalue weighted by Gasteiger charge is -2.34. The second-order valence-electron chi connectivity index (χ2n) is 16.1. The molecule has 0 saturated carbocycles. The van der Waals surface area contributed by atoms with Crippen molar-refractivity contribution in [2.45, 2.75) is 6.92 Å². The third-order valence-corrected chi connectivity index (χ3v) is 17.0. The molecule has 4 nitrogen and oxygen atoms in total. The van der Waals surface area contributed by atoms with Gasteiger partial charge in [-0.25, -0.2) is 15.0 Å². The minimum atomic E-state index is -2.85. The molecule has 0 radical (unpaired) electrons. The zero-order valence-corrected chi connectivity index (χ0v) is 35.8. The van der Waals surface area contributed by atoms with Crippen molar-refractivity contribution in [1.29, 1.82) is 0 Å². The predicted octanol–water partition coefficient (Wildman–Crippen LogP) is 11.3. The summed E-state index contributed by atoms with van der Waals surface area (Å²) in [4.78, 5) is 15.4. The Kier molecular flexibility index (Phi) is 9.72. The highest BCUT2D eigenvalue weighted by Crippen LogP contribution is 2.38. The third-order valence-electron chi connectivity index (χ3n) is 12.3. The maximum atomic E-state index is 5.19. The number of hydrogen-bond acceptors (Lipinski definition) is 3. The van der Waals surface area contributed by atoms with E-state index >= 15 is 0 Å². The molecule has 0 fully saturated rings. The molecule has 11 rings (SSSR count). The van der Waals surface area contributed by atoms with E-state index in [2.05, 4.69) is 212 Å². The molecule has 0 bridgehead atoms. The molecule has 0 amide bonds. The molecule has 0 aliphatic rings. The van der Waals surface area contributed by atoms with E-state index in [-0.39, 0.29) is 0 Å². The summed E-state index contributed by atoms with van der Waals surface area (Å²) in [6.07, 6.45) is 0. The average molecular weight is 823 g/mol. The van der Waals surface area contributed by atoms with E-state index in [0.717, 1.165) is 44.5 Å². The lowest BCUT2D eigenvalue weighted by Crippen LogP contribution is -2.74. The minimum absolute atomic E-state index is 0.617. The van der Waals surface area contributed by atoms with Crippen LogP contribution in [0.25, 0.3) is 72.8 Å². The van der Waals surface area contributed by atoms with Crippen molar-refractivity contribution >= 4 is 50.6 Å². The van der Waals surface area contributed by atoms with Crippen molar-refractivity contribution < 1.29 is 0 Å². The van der Waals surface area contributed by atoms with Crippen LogP contribution in [0.2, 0.25) is 0 Å². The van der Waals surface area contributed by atoms with Gasteiger partial charge in [0.1, 0.15) is 0 Å². The van der Waals surface area contributed by atoms with Crippen LogP contribution in [0.3, 0.4) is 0 Å². The lowest BCUT2D eigenvalue weighted by molar-refractivity contribution is 1.07. The molecule has 0 spiro atoms. The summed E-state index contributed by atoms with van der Waals surface area (Å²) in [5.74, 6) is 1.88. The van der Waals surface area contributed by atoms with Gasteiger partial charge >= 0.3 is 0 Å². The quantitative estimate of drug-likeness (QED) is 0.108. The standard InChI is InChI=1S/C58H42N4Si/c1-41-34-36-55-52(38-41)50-32-17-18-33-53(50)62(55)54-37-35-45(58-60-56(42-20-7-2-8-21-42)59-57(61-58)43-22-9-3-10-23-43)40-51(54)44-24-19-31-49(39-44)63(46-25-11-4-12-26-46,47-27-13-5-14-28-47)48-29-15-6-16-30-48/h2-40H,1H3. The van der Waals surface area contributed by atoms with E-state index in [9.17, 15) is 0 Å². The Morgan fingerprint density at radius 2 is 0.794 bits per heavy atom. The molecule has 0 saturated heterocycles. The molecule has 2 heterocycles. The van der Waals surface area contributed by atoms with Crippen LogP contribution in [-0.2, 0) is 0 Å². The summed E-state index contributed by atoms with van der Waals surface area (Å²) in [6, 6.07) is 85.3. The average Bonchev–Trinajstić information content (AvgIpc) is 3.68. The van der Waals surface area contributed by atoms with Gasteiger partial charge in [0.15, 0.2) is 25.5 Å². The van der Waals surface area contributed by atoms with Crippen molar-refractivity contribution in [1.82, 2.24) is 19.5 Å². The first-order valence-corrected chi connectivity index (χ1v) is 23.4. The monoisotopic (exact) mass is 822 g/mol. The fraction of sp³-hybridized carbons (Fsp3) is 0.0172. The summed E-state index contributed by atoms with van der Waals surface area (Å²) >= 11 is 0. The molecule has 63 heavy (non-hydrogen) atoms. The molecule has 0 atom stereocenters. The summed E-state index contributed by atoms with van der Waals surface area (Å²) in [5.41, 5.74) is 9.61. The van der Waals surface area contributed by atoms with Crippen LogP contribution in [0.1, 0.15) is 5.56 Å². The Labute approximate surface area is 368 Å². The first kappa shape index (κ1) is 38.0. The second kappa shape index (κ2) is 16.1. The molecular weight excluding hydrogens is 781 g/mol. The zero-order valence-electron chi connectivity index (χ0n) is 34.8. The third kappa shape index (κ3) is 6.76. The number of nitrogens with zero attached hydrogens (tertiary/aromatic N) is 4. The van der Waals surface area contributed by atoms with Gasteiger partial charge in [0.2, 0.25) is 0 Å². The topological polar surface area (TPSA) is 43.6 Å². The highest BCUT2D eigenvalue weighted by Gasteiger charge is 2.41. The van der Waals surface area contributed by atoms with Crippen molar-refractivity contribution in [3.8, 4) is 51.0 Å². The molecular formula is C58H42N4Si. The normalized spacial score (nSPS) is 11.6.